The number of nitro groups is 1. The van der Waals surface area contributed by atoms with Gasteiger partial charge in [-0.2, -0.15) is 5.10 Å². The van der Waals surface area contributed by atoms with Crippen molar-refractivity contribution in [3.63, 3.8) is 0 Å². The largest absolute Gasteiger partial charge is 0.508 e. The smallest absolute Gasteiger partial charge is 0.282 e. The first-order valence-electron chi connectivity index (χ1n) is 6.99. The van der Waals surface area contributed by atoms with E-state index in [1.807, 2.05) is 0 Å². The summed E-state index contributed by atoms with van der Waals surface area (Å²) in [5.74, 6) is -0.000673. The van der Waals surface area contributed by atoms with E-state index in [4.69, 9.17) is 9.47 Å². The highest BCUT2D eigenvalue weighted by atomic mass is 16.6. The van der Waals surface area contributed by atoms with Crippen molar-refractivity contribution < 1.29 is 24.3 Å². The second-order valence-electron chi connectivity index (χ2n) is 4.77. The van der Waals surface area contributed by atoms with Crippen molar-refractivity contribution in [1.29, 1.82) is 0 Å². The normalized spacial score (nSPS) is 10.5. The number of carbonyl (C=O) groups is 1. The van der Waals surface area contributed by atoms with E-state index in [9.17, 15) is 20.0 Å². The highest BCUT2D eigenvalue weighted by Crippen LogP contribution is 2.33. The number of phenolic OH excluding ortho intramolecular Hbond substituents is 1. The van der Waals surface area contributed by atoms with E-state index >= 15 is 0 Å². The summed E-state index contributed by atoms with van der Waals surface area (Å²) in [5, 5.41) is 24.1. The van der Waals surface area contributed by atoms with Gasteiger partial charge < -0.3 is 14.6 Å². The van der Waals surface area contributed by atoms with Crippen LogP contribution in [0.5, 0.6) is 17.2 Å². The molecule has 0 saturated heterocycles. The zero-order valence-electron chi connectivity index (χ0n) is 13.4. The van der Waals surface area contributed by atoms with Crippen molar-refractivity contribution in [3.05, 3.63) is 57.6 Å². The molecule has 25 heavy (non-hydrogen) atoms. The van der Waals surface area contributed by atoms with Crippen LogP contribution in [0.1, 0.15) is 15.9 Å². The quantitative estimate of drug-likeness (QED) is 0.469. The summed E-state index contributed by atoms with van der Waals surface area (Å²) in [4.78, 5) is 22.5. The van der Waals surface area contributed by atoms with E-state index in [0.717, 1.165) is 6.21 Å². The topological polar surface area (TPSA) is 123 Å². The summed E-state index contributed by atoms with van der Waals surface area (Å²) in [7, 11) is 2.77. The van der Waals surface area contributed by atoms with Crippen LogP contribution >= 0.6 is 0 Å². The number of hydrogen-bond acceptors (Lipinski definition) is 7. The number of carbonyl (C=O) groups excluding carboxylic acids is 1. The molecule has 0 fully saturated rings. The Labute approximate surface area is 142 Å². The van der Waals surface area contributed by atoms with Crippen LogP contribution in [0.2, 0.25) is 0 Å². The van der Waals surface area contributed by atoms with Gasteiger partial charge in [-0.3, -0.25) is 14.9 Å². The molecule has 9 heteroatoms. The summed E-state index contributed by atoms with van der Waals surface area (Å²) >= 11 is 0. The molecule has 0 aliphatic carbocycles. The predicted octanol–water partition coefficient (Wildman–Crippen LogP) is 2.08. The first kappa shape index (κ1) is 17.7. The third-order valence-corrected chi connectivity index (χ3v) is 3.23. The van der Waals surface area contributed by atoms with Gasteiger partial charge in [0.25, 0.3) is 11.6 Å². The third-order valence-electron chi connectivity index (χ3n) is 3.23. The van der Waals surface area contributed by atoms with Crippen LogP contribution in [0.25, 0.3) is 0 Å². The molecule has 0 aromatic heterocycles. The summed E-state index contributed by atoms with van der Waals surface area (Å²) in [6, 6.07) is 8.14. The molecule has 0 unspecified atom stereocenters. The number of nitrogens with zero attached hydrogens (tertiary/aromatic N) is 2. The number of ether oxygens (including phenoxy) is 2. The van der Waals surface area contributed by atoms with Crippen LogP contribution in [-0.4, -0.2) is 36.4 Å². The second-order valence-corrected chi connectivity index (χ2v) is 4.77. The minimum absolute atomic E-state index is 0.0287. The van der Waals surface area contributed by atoms with Crippen molar-refractivity contribution in [1.82, 2.24) is 5.43 Å². The molecule has 130 valence electrons. The van der Waals surface area contributed by atoms with Crippen LogP contribution in [-0.2, 0) is 0 Å². The van der Waals surface area contributed by atoms with Crippen LogP contribution < -0.4 is 14.9 Å². The lowest BCUT2D eigenvalue weighted by Crippen LogP contribution is -2.17. The maximum atomic E-state index is 11.9. The lowest BCUT2D eigenvalue weighted by Gasteiger charge is -2.08. The Morgan fingerprint density at radius 3 is 2.36 bits per heavy atom. The highest BCUT2D eigenvalue weighted by molar-refractivity contribution is 5.95. The minimum atomic E-state index is -0.592. The lowest BCUT2D eigenvalue weighted by atomic mass is 10.1. The van der Waals surface area contributed by atoms with Crippen LogP contribution in [0.15, 0.2) is 41.5 Å². The second kappa shape index (κ2) is 7.77. The fraction of sp³-hybridized carbons (Fsp3) is 0.125. The summed E-state index contributed by atoms with van der Waals surface area (Å²) in [6.07, 6.45) is 1.14. The zero-order valence-corrected chi connectivity index (χ0v) is 13.4. The lowest BCUT2D eigenvalue weighted by molar-refractivity contribution is -0.385. The maximum Gasteiger partial charge on any atom is 0.282 e. The van der Waals surface area contributed by atoms with E-state index in [0.29, 0.717) is 5.75 Å². The highest BCUT2D eigenvalue weighted by Gasteiger charge is 2.18. The molecule has 0 saturated carbocycles. The van der Waals surface area contributed by atoms with E-state index in [2.05, 4.69) is 10.5 Å². The van der Waals surface area contributed by atoms with Gasteiger partial charge in [0.15, 0.2) is 11.5 Å². The average Bonchev–Trinajstić information content (AvgIpc) is 2.61. The fourth-order valence-corrected chi connectivity index (χ4v) is 1.98. The molecule has 0 spiro atoms. The van der Waals surface area contributed by atoms with Gasteiger partial charge in [0.05, 0.1) is 37.0 Å². The van der Waals surface area contributed by atoms with Gasteiger partial charge in [-0.25, -0.2) is 5.43 Å². The molecule has 1 amide bonds. The third kappa shape index (κ3) is 4.22. The number of phenols is 1. The standard InChI is InChI=1S/C16H15N3O6/c1-24-14-7-11(13(19(22)23)8-15(14)25-2)9-17-18-16(21)10-3-5-12(20)6-4-10/h3-9,20H,1-2H3,(H,18,21)/b17-9-. The Morgan fingerprint density at radius 1 is 1.20 bits per heavy atom. The monoisotopic (exact) mass is 345 g/mol. The molecule has 2 aromatic rings. The number of amides is 1. The molecule has 0 heterocycles. The first-order chi connectivity index (χ1) is 12.0. The molecule has 0 atom stereocenters. The Balaban J connectivity index is 2.23. The summed E-state index contributed by atoms with van der Waals surface area (Å²) < 4.78 is 10.1. The van der Waals surface area contributed by atoms with Crippen molar-refractivity contribution in [3.8, 4) is 17.2 Å². The van der Waals surface area contributed by atoms with Gasteiger partial charge in [-0.1, -0.05) is 0 Å². The van der Waals surface area contributed by atoms with Gasteiger partial charge in [0, 0.05) is 5.56 Å². The van der Waals surface area contributed by atoms with Gasteiger partial charge in [0.2, 0.25) is 0 Å². The first-order valence-corrected chi connectivity index (χ1v) is 6.99. The van der Waals surface area contributed by atoms with Crippen molar-refractivity contribution in [2.45, 2.75) is 0 Å². The van der Waals surface area contributed by atoms with E-state index in [1.165, 1.54) is 50.6 Å². The number of hydrogen-bond donors (Lipinski definition) is 2. The molecule has 2 aromatic carbocycles. The molecule has 9 nitrogen and oxygen atoms in total. The molecule has 2 N–H and O–H groups in total. The fourth-order valence-electron chi connectivity index (χ4n) is 1.98. The number of nitrogens with one attached hydrogen (secondary N) is 1. The molecule has 0 bridgehead atoms. The SMILES string of the molecule is COc1cc(/C=N\NC(=O)c2ccc(O)cc2)c([N+](=O)[O-])cc1OC. The molecule has 0 aliphatic rings. The number of nitro benzene ring substituents is 1. The molecular weight excluding hydrogens is 330 g/mol. The Hall–Kier alpha value is -3.62. The zero-order chi connectivity index (χ0) is 18.4. The van der Waals surface area contributed by atoms with Gasteiger partial charge in [-0.05, 0) is 30.3 Å². The van der Waals surface area contributed by atoms with Crippen molar-refractivity contribution >= 4 is 17.8 Å². The van der Waals surface area contributed by atoms with Crippen LogP contribution in [0.4, 0.5) is 5.69 Å². The van der Waals surface area contributed by atoms with Crippen molar-refractivity contribution in [2.75, 3.05) is 14.2 Å². The number of methoxy groups -OCH3 is 2. The Bertz CT molecular complexity index is 817. The van der Waals surface area contributed by atoms with E-state index in [1.54, 1.807) is 0 Å². The molecule has 0 aliphatic heterocycles. The molecule has 0 radical (unpaired) electrons. The van der Waals surface area contributed by atoms with Crippen LogP contribution in [0, 0.1) is 10.1 Å². The Kier molecular flexibility index (Phi) is 5.51. The molecule has 2 rings (SSSR count). The number of hydrazone groups is 1. The number of rotatable bonds is 6. The maximum absolute atomic E-state index is 11.9. The minimum Gasteiger partial charge on any atom is -0.508 e. The summed E-state index contributed by atoms with van der Waals surface area (Å²) in [6.45, 7) is 0. The number of aromatic hydroxyl groups is 1. The molecular formula is C16H15N3O6. The van der Waals surface area contributed by atoms with Gasteiger partial charge in [0.1, 0.15) is 5.75 Å². The average molecular weight is 345 g/mol. The van der Waals surface area contributed by atoms with E-state index < -0.39 is 10.8 Å². The van der Waals surface area contributed by atoms with Crippen molar-refractivity contribution in [2.24, 2.45) is 5.10 Å². The van der Waals surface area contributed by atoms with Gasteiger partial charge in [-0.15, -0.1) is 0 Å². The predicted molar refractivity (Wildman–Crippen MR) is 89.4 cm³/mol. The number of benzene rings is 2. The van der Waals surface area contributed by atoms with Gasteiger partial charge >= 0.3 is 0 Å². The summed E-state index contributed by atoms with van der Waals surface area (Å²) in [5.41, 5.74) is 2.41. The van der Waals surface area contributed by atoms with Crippen LogP contribution in [0.3, 0.4) is 0 Å². The Morgan fingerprint density at radius 2 is 1.80 bits per heavy atom. The van der Waals surface area contributed by atoms with E-state index in [-0.39, 0.29) is 28.3 Å².